The first kappa shape index (κ1) is 15.0. The van der Waals surface area contributed by atoms with Crippen LogP contribution in [-0.4, -0.2) is 11.6 Å². The maximum absolute atomic E-state index is 5.88. The van der Waals surface area contributed by atoms with E-state index in [-0.39, 0.29) is 6.04 Å². The minimum Gasteiger partial charge on any atom is -0.477 e. The van der Waals surface area contributed by atoms with Gasteiger partial charge in [-0.1, -0.05) is 45.1 Å². The number of ether oxygens (including phenoxy) is 1. The van der Waals surface area contributed by atoms with Crippen molar-refractivity contribution in [3.05, 3.63) is 23.9 Å². The highest BCUT2D eigenvalue weighted by atomic mass is 16.5. The van der Waals surface area contributed by atoms with E-state index in [9.17, 15) is 0 Å². The molecule has 0 saturated heterocycles. The largest absolute Gasteiger partial charge is 0.477 e. The third kappa shape index (κ3) is 5.50. The molecular formula is C15H26N2O. The topological polar surface area (TPSA) is 48.1 Å². The standard InChI is InChI=1S/C15H26N2O/c1-3-4-5-6-7-8-12-18-15-14(13(2)16)10-9-11-17-15/h9-11,13H,3-8,12,16H2,1-2H3. The Kier molecular flexibility index (Phi) is 7.42. The van der Waals surface area contributed by atoms with E-state index in [1.54, 1.807) is 6.20 Å². The summed E-state index contributed by atoms with van der Waals surface area (Å²) >= 11 is 0. The van der Waals surface area contributed by atoms with Gasteiger partial charge in [0.2, 0.25) is 5.88 Å². The van der Waals surface area contributed by atoms with Gasteiger partial charge in [0.1, 0.15) is 0 Å². The molecule has 0 spiro atoms. The van der Waals surface area contributed by atoms with Crippen LogP contribution in [-0.2, 0) is 0 Å². The summed E-state index contributed by atoms with van der Waals surface area (Å²) in [4.78, 5) is 4.24. The molecular weight excluding hydrogens is 224 g/mol. The second-order valence-electron chi connectivity index (χ2n) is 4.80. The molecule has 1 unspecified atom stereocenters. The number of aromatic nitrogens is 1. The van der Waals surface area contributed by atoms with Crippen molar-refractivity contribution in [3.8, 4) is 5.88 Å². The number of hydrogen-bond donors (Lipinski definition) is 1. The van der Waals surface area contributed by atoms with Crippen LogP contribution in [0.5, 0.6) is 5.88 Å². The third-order valence-electron chi connectivity index (χ3n) is 3.03. The lowest BCUT2D eigenvalue weighted by molar-refractivity contribution is 0.288. The molecule has 1 atom stereocenters. The summed E-state index contributed by atoms with van der Waals surface area (Å²) in [5.74, 6) is 0.695. The molecule has 3 heteroatoms. The average Bonchev–Trinajstić information content (AvgIpc) is 2.38. The minimum absolute atomic E-state index is 0.0294. The Morgan fingerprint density at radius 2 is 1.94 bits per heavy atom. The highest BCUT2D eigenvalue weighted by molar-refractivity contribution is 5.27. The van der Waals surface area contributed by atoms with Crippen molar-refractivity contribution in [2.75, 3.05) is 6.61 Å². The molecule has 0 aliphatic carbocycles. The number of unbranched alkanes of at least 4 members (excludes halogenated alkanes) is 5. The van der Waals surface area contributed by atoms with Crippen molar-refractivity contribution >= 4 is 0 Å². The molecule has 0 radical (unpaired) electrons. The monoisotopic (exact) mass is 250 g/mol. The van der Waals surface area contributed by atoms with Crippen molar-refractivity contribution in [2.45, 2.75) is 58.4 Å². The van der Waals surface area contributed by atoms with E-state index in [2.05, 4.69) is 11.9 Å². The predicted molar refractivity (Wildman–Crippen MR) is 75.7 cm³/mol. The molecule has 0 fully saturated rings. The minimum atomic E-state index is -0.0294. The van der Waals surface area contributed by atoms with Crippen LogP contribution in [0.1, 0.15) is 64.0 Å². The van der Waals surface area contributed by atoms with Crippen LogP contribution in [0.2, 0.25) is 0 Å². The number of rotatable bonds is 9. The zero-order valence-electron chi connectivity index (χ0n) is 11.7. The Bertz CT molecular complexity index is 326. The molecule has 102 valence electrons. The molecule has 3 nitrogen and oxygen atoms in total. The van der Waals surface area contributed by atoms with Gasteiger partial charge in [0.15, 0.2) is 0 Å². The Morgan fingerprint density at radius 1 is 1.22 bits per heavy atom. The van der Waals surface area contributed by atoms with E-state index >= 15 is 0 Å². The third-order valence-corrected chi connectivity index (χ3v) is 3.03. The second-order valence-corrected chi connectivity index (χ2v) is 4.80. The summed E-state index contributed by atoms with van der Waals surface area (Å²) in [5.41, 5.74) is 6.87. The van der Waals surface area contributed by atoms with Gasteiger partial charge in [-0.2, -0.15) is 0 Å². The van der Waals surface area contributed by atoms with Gasteiger partial charge in [-0.3, -0.25) is 0 Å². The highest BCUT2D eigenvalue weighted by Crippen LogP contribution is 2.20. The number of nitrogens with zero attached hydrogens (tertiary/aromatic N) is 1. The van der Waals surface area contributed by atoms with Gasteiger partial charge in [0.05, 0.1) is 6.61 Å². The molecule has 1 rings (SSSR count). The van der Waals surface area contributed by atoms with Crippen LogP contribution in [0.4, 0.5) is 0 Å². The molecule has 0 aromatic carbocycles. The lowest BCUT2D eigenvalue weighted by Crippen LogP contribution is -2.09. The molecule has 18 heavy (non-hydrogen) atoms. The maximum atomic E-state index is 5.88. The van der Waals surface area contributed by atoms with Gasteiger partial charge >= 0.3 is 0 Å². The fourth-order valence-corrected chi connectivity index (χ4v) is 1.92. The van der Waals surface area contributed by atoms with Crippen molar-refractivity contribution < 1.29 is 4.74 Å². The van der Waals surface area contributed by atoms with E-state index in [4.69, 9.17) is 10.5 Å². The lowest BCUT2D eigenvalue weighted by Gasteiger charge is -2.12. The van der Waals surface area contributed by atoms with Gasteiger partial charge in [0.25, 0.3) is 0 Å². The van der Waals surface area contributed by atoms with Crippen LogP contribution in [0.15, 0.2) is 18.3 Å². The number of hydrogen-bond acceptors (Lipinski definition) is 3. The maximum Gasteiger partial charge on any atom is 0.218 e. The summed E-state index contributed by atoms with van der Waals surface area (Å²) in [7, 11) is 0. The fourth-order valence-electron chi connectivity index (χ4n) is 1.92. The fraction of sp³-hybridized carbons (Fsp3) is 0.667. The first-order chi connectivity index (χ1) is 8.75. The summed E-state index contributed by atoms with van der Waals surface area (Å²) in [6.45, 7) is 4.93. The smallest absolute Gasteiger partial charge is 0.218 e. The van der Waals surface area contributed by atoms with Crippen molar-refractivity contribution in [3.63, 3.8) is 0 Å². The van der Waals surface area contributed by atoms with Gasteiger partial charge in [-0.25, -0.2) is 4.98 Å². The van der Waals surface area contributed by atoms with Crippen LogP contribution in [0.3, 0.4) is 0 Å². The Balaban J connectivity index is 2.23. The molecule has 0 bridgehead atoms. The van der Waals surface area contributed by atoms with E-state index in [1.165, 1.54) is 32.1 Å². The summed E-state index contributed by atoms with van der Waals surface area (Å²) in [5, 5.41) is 0. The van der Waals surface area contributed by atoms with E-state index in [1.807, 2.05) is 19.1 Å². The molecule has 2 N–H and O–H groups in total. The normalized spacial score (nSPS) is 12.4. The summed E-state index contributed by atoms with van der Waals surface area (Å²) in [6.07, 6.45) is 9.37. The molecule has 0 aliphatic rings. The molecule has 1 aromatic rings. The average molecular weight is 250 g/mol. The molecule has 0 saturated carbocycles. The van der Waals surface area contributed by atoms with Crippen LogP contribution >= 0.6 is 0 Å². The molecule has 1 aromatic heterocycles. The van der Waals surface area contributed by atoms with Crippen molar-refractivity contribution in [1.82, 2.24) is 4.98 Å². The Labute approximate surface area is 111 Å². The zero-order valence-corrected chi connectivity index (χ0v) is 11.7. The van der Waals surface area contributed by atoms with Crippen LogP contribution < -0.4 is 10.5 Å². The lowest BCUT2D eigenvalue weighted by atomic mass is 10.1. The molecule has 0 aliphatic heterocycles. The van der Waals surface area contributed by atoms with Crippen molar-refractivity contribution in [2.24, 2.45) is 5.73 Å². The van der Waals surface area contributed by atoms with Crippen LogP contribution in [0, 0.1) is 0 Å². The van der Waals surface area contributed by atoms with Crippen molar-refractivity contribution in [1.29, 1.82) is 0 Å². The van der Waals surface area contributed by atoms with E-state index in [0.717, 1.165) is 18.6 Å². The second kappa shape index (κ2) is 8.92. The molecule has 1 heterocycles. The van der Waals surface area contributed by atoms with Gasteiger partial charge in [-0.15, -0.1) is 0 Å². The van der Waals surface area contributed by atoms with E-state index < -0.39 is 0 Å². The van der Waals surface area contributed by atoms with Gasteiger partial charge in [-0.05, 0) is 19.4 Å². The number of pyridine rings is 1. The van der Waals surface area contributed by atoms with Crippen LogP contribution in [0.25, 0.3) is 0 Å². The zero-order chi connectivity index (χ0) is 13.2. The Morgan fingerprint density at radius 3 is 2.67 bits per heavy atom. The Hall–Kier alpha value is -1.09. The van der Waals surface area contributed by atoms with E-state index in [0.29, 0.717) is 5.88 Å². The molecule has 0 amide bonds. The first-order valence-electron chi connectivity index (χ1n) is 7.09. The first-order valence-corrected chi connectivity index (χ1v) is 7.09. The highest BCUT2D eigenvalue weighted by Gasteiger charge is 2.08. The summed E-state index contributed by atoms with van der Waals surface area (Å²) < 4.78 is 5.71. The number of nitrogens with two attached hydrogens (primary N) is 1. The summed E-state index contributed by atoms with van der Waals surface area (Å²) in [6, 6.07) is 3.85. The quantitative estimate of drug-likeness (QED) is 0.677. The SMILES string of the molecule is CCCCCCCCOc1ncccc1C(C)N. The van der Waals surface area contributed by atoms with Gasteiger partial charge in [0, 0.05) is 17.8 Å². The predicted octanol–water partition coefficient (Wildman–Crippen LogP) is 3.84. The van der Waals surface area contributed by atoms with Gasteiger partial charge < -0.3 is 10.5 Å².